The first-order valence-corrected chi connectivity index (χ1v) is 7.67. The van der Waals surface area contributed by atoms with Crippen LogP contribution in [0.15, 0.2) is 24.3 Å². The van der Waals surface area contributed by atoms with Gasteiger partial charge in [0.05, 0.1) is 11.1 Å². The summed E-state index contributed by atoms with van der Waals surface area (Å²) in [5.41, 5.74) is 0.419. The van der Waals surface area contributed by atoms with Gasteiger partial charge in [-0.1, -0.05) is 11.6 Å². The van der Waals surface area contributed by atoms with Crippen LogP contribution in [-0.2, 0) is 0 Å². The highest BCUT2D eigenvalue weighted by Crippen LogP contribution is 2.64. The highest BCUT2D eigenvalue weighted by molar-refractivity contribution is 6.30. The fourth-order valence-electron chi connectivity index (χ4n) is 4.22. The van der Waals surface area contributed by atoms with E-state index >= 15 is 0 Å². The van der Waals surface area contributed by atoms with Gasteiger partial charge in [-0.2, -0.15) is 0 Å². The van der Waals surface area contributed by atoms with Crippen LogP contribution in [0.4, 0.5) is 15.3 Å². The Balaban J connectivity index is 1.46. The van der Waals surface area contributed by atoms with Crippen LogP contribution in [0.25, 0.3) is 0 Å². The highest BCUT2D eigenvalue weighted by Gasteiger charge is 2.72. The summed E-state index contributed by atoms with van der Waals surface area (Å²) >= 11 is 5.88. The number of nitrogens with one attached hydrogen (secondary N) is 1. The van der Waals surface area contributed by atoms with Crippen molar-refractivity contribution in [3.63, 3.8) is 0 Å². The van der Waals surface area contributed by atoms with Gasteiger partial charge in [-0.05, 0) is 43.5 Å². The van der Waals surface area contributed by atoms with E-state index in [9.17, 15) is 9.59 Å². The molecule has 3 amide bonds. The second-order valence-electron chi connectivity index (χ2n) is 6.53. The summed E-state index contributed by atoms with van der Waals surface area (Å²) in [6, 6.07) is 7.25. The second-order valence-corrected chi connectivity index (χ2v) is 6.96. The number of rotatable bonds is 3. The van der Waals surface area contributed by atoms with Gasteiger partial charge in [0.15, 0.2) is 0 Å². The molecule has 0 aromatic heterocycles. The molecule has 6 nitrogen and oxygen atoms in total. The van der Waals surface area contributed by atoms with Gasteiger partial charge < -0.3 is 15.3 Å². The number of amides is 3. The third-order valence-electron chi connectivity index (χ3n) is 5.09. The SMILES string of the molecule is O=C(O)NC12CC(N3CCN(c4ccc(Cl)cc4)C3=O)(C1)C2. The van der Waals surface area contributed by atoms with E-state index in [-0.39, 0.29) is 17.1 Å². The van der Waals surface area contributed by atoms with Gasteiger partial charge in [0.25, 0.3) is 0 Å². The number of nitrogens with zero attached hydrogens (tertiary/aromatic N) is 2. The number of carboxylic acid groups (broad SMARTS) is 1. The maximum Gasteiger partial charge on any atom is 0.405 e. The molecule has 1 heterocycles. The van der Waals surface area contributed by atoms with Crippen molar-refractivity contribution in [2.24, 2.45) is 0 Å². The number of hydrogen-bond donors (Lipinski definition) is 2. The van der Waals surface area contributed by atoms with Crippen molar-refractivity contribution in [1.82, 2.24) is 10.2 Å². The lowest BCUT2D eigenvalue weighted by atomic mass is 9.43. The Morgan fingerprint density at radius 3 is 2.41 bits per heavy atom. The molecule has 5 rings (SSSR count). The van der Waals surface area contributed by atoms with Gasteiger partial charge in [-0.25, -0.2) is 9.59 Å². The van der Waals surface area contributed by atoms with E-state index in [2.05, 4.69) is 5.32 Å². The van der Waals surface area contributed by atoms with Crippen LogP contribution in [0.2, 0.25) is 5.02 Å². The summed E-state index contributed by atoms with van der Waals surface area (Å²) in [6.45, 7) is 1.34. The summed E-state index contributed by atoms with van der Waals surface area (Å²) < 4.78 is 0. The first kappa shape index (κ1) is 13.7. The number of anilines is 1. The number of carbonyl (C=O) groups excluding carboxylic acids is 1. The number of benzene rings is 1. The van der Waals surface area contributed by atoms with Crippen LogP contribution >= 0.6 is 11.6 Å². The van der Waals surface area contributed by atoms with Gasteiger partial charge in [-0.3, -0.25) is 4.90 Å². The zero-order chi connectivity index (χ0) is 15.5. The largest absolute Gasteiger partial charge is 0.465 e. The Kier molecular flexibility index (Phi) is 2.67. The van der Waals surface area contributed by atoms with Crippen molar-refractivity contribution in [3.05, 3.63) is 29.3 Å². The molecule has 4 fully saturated rings. The lowest BCUT2D eigenvalue weighted by Gasteiger charge is -2.72. The molecule has 22 heavy (non-hydrogen) atoms. The molecule has 0 unspecified atom stereocenters. The molecular formula is C15H16ClN3O3. The Hall–Kier alpha value is -1.95. The number of hydrogen-bond acceptors (Lipinski definition) is 2. The fourth-order valence-corrected chi connectivity index (χ4v) is 4.34. The summed E-state index contributed by atoms with van der Waals surface area (Å²) in [7, 11) is 0. The van der Waals surface area contributed by atoms with Crippen LogP contribution in [0.5, 0.6) is 0 Å². The third kappa shape index (κ3) is 1.80. The quantitative estimate of drug-likeness (QED) is 0.898. The number of urea groups is 1. The van der Waals surface area contributed by atoms with Gasteiger partial charge >= 0.3 is 12.1 Å². The van der Waals surface area contributed by atoms with Crippen molar-refractivity contribution < 1.29 is 14.7 Å². The predicted molar refractivity (Wildman–Crippen MR) is 81.4 cm³/mol. The van der Waals surface area contributed by atoms with E-state index in [1.165, 1.54) is 0 Å². The molecule has 2 N–H and O–H groups in total. The lowest BCUT2D eigenvalue weighted by molar-refractivity contribution is -0.150. The van der Waals surface area contributed by atoms with E-state index in [4.69, 9.17) is 16.7 Å². The van der Waals surface area contributed by atoms with Crippen molar-refractivity contribution >= 4 is 29.4 Å². The summed E-state index contributed by atoms with van der Waals surface area (Å²) in [6.07, 6.45) is 1.20. The zero-order valence-corrected chi connectivity index (χ0v) is 12.6. The maximum absolute atomic E-state index is 12.7. The summed E-state index contributed by atoms with van der Waals surface area (Å²) in [5, 5.41) is 12.1. The van der Waals surface area contributed by atoms with E-state index in [1.807, 2.05) is 17.0 Å². The van der Waals surface area contributed by atoms with Crippen LogP contribution in [0.1, 0.15) is 19.3 Å². The lowest BCUT2D eigenvalue weighted by Crippen LogP contribution is -2.83. The molecule has 7 heteroatoms. The molecule has 2 bridgehead atoms. The van der Waals surface area contributed by atoms with Gasteiger partial charge in [0, 0.05) is 23.8 Å². The van der Waals surface area contributed by atoms with Crippen LogP contribution in [-0.4, -0.2) is 46.3 Å². The molecule has 1 saturated heterocycles. The second kappa shape index (κ2) is 4.29. The van der Waals surface area contributed by atoms with Crippen LogP contribution < -0.4 is 10.2 Å². The summed E-state index contributed by atoms with van der Waals surface area (Å²) in [4.78, 5) is 27.1. The fraction of sp³-hybridized carbons (Fsp3) is 0.467. The Morgan fingerprint density at radius 2 is 1.82 bits per heavy atom. The molecule has 4 aliphatic rings. The van der Waals surface area contributed by atoms with Crippen molar-refractivity contribution in [2.75, 3.05) is 18.0 Å². The Bertz CT molecular complexity index is 641. The highest BCUT2D eigenvalue weighted by atomic mass is 35.5. The normalized spacial score (nSPS) is 32.5. The van der Waals surface area contributed by atoms with Gasteiger partial charge in [0.2, 0.25) is 0 Å². The average molecular weight is 322 g/mol. The predicted octanol–water partition coefficient (Wildman–Crippen LogP) is 2.52. The van der Waals surface area contributed by atoms with E-state index in [1.54, 1.807) is 17.0 Å². The monoisotopic (exact) mass is 321 g/mol. The first-order valence-electron chi connectivity index (χ1n) is 7.29. The van der Waals surface area contributed by atoms with Crippen molar-refractivity contribution in [3.8, 4) is 0 Å². The van der Waals surface area contributed by atoms with Gasteiger partial charge in [0.1, 0.15) is 0 Å². The van der Waals surface area contributed by atoms with E-state index in [0.717, 1.165) is 24.9 Å². The van der Waals surface area contributed by atoms with Crippen molar-refractivity contribution in [2.45, 2.75) is 30.3 Å². The molecule has 0 atom stereocenters. The minimum absolute atomic E-state index is 0.00551. The molecule has 1 aromatic carbocycles. The first-order chi connectivity index (χ1) is 10.4. The molecule has 0 spiro atoms. The van der Waals surface area contributed by atoms with Crippen molar-refractivity contribution in [1.29, 1.82) is 0 Å². The number of carbonyl (C=O) groups is 2. The van der Waals surface area contributed by atoms with E-state index < -0.39 is 6.09 Å². The number of halogens is 1. The Labute approximate surface area is 132 Å². The standard InChI is InChI=1S/C15H16ClN3O3/c16-10-1-3-11(4-2-10)18-5-6-19(13(18)22)15-7-14(8-15,9-15)17-12(20)21/h1-4,17H,5-9H2,(H,20,21). The minimum atomic E-state index is -0.983. The molecule has 0 radical (unpaired) electrons. The smallest absolute Gasteiger partial charge is 0.405 e. The molecule has 3 saturated carbocycles. The average Bonchev–Trinajstić information content (AvgIpc) is 2.75. The maximum atomic E-state index is 12.7. The third-order valence-corrected chi connectivity index (χ3v) is 5.35. The molecular weight excluding hydrogens is 306 g/mol. The van der Waals surface area contributed by atoms with E-state index in [0.29, 0.717) is 18.1 Å². The van der Waals surface area contributed by atoms with Crippen LogP contribution in [0, 0.1) is 0 Å². The molecule has 1 aromatic rings. The topological polar surface area (TPSA) is 72.9 Å². The zero-order valence-electron chi connectivity index (χ0n) is 11.9. The Morgan fingerprint density at radius 1 is 1.18 bits per heavy atom. The van der Waals surface area contributed by atoms with Crippen LogP contribution in [0.3, 0.4) is 0 Å². The minimum Gasteiger partial charge on any atom is -0.465 e. The molecule has 116 valence electrons. The summed E-state index contributed by atoms with van der Waals surface area (Å²) in [5.74, 6) is 0. The molecule has 3 aliphatic carbocycles. The molecule has 1 aliphatic heterocycles. The van der Waals surface area contributed by atoms with Gasteiger partial charge in [-0.15, -0.1) is 0 Å².